The zero-order valence-electron chi connectivity index (χ0n) is 16.8. The van der Waals surface area contributed by atoms with Crippen molar-refractivity contribution in [3.63, 3.8) is 0 Å². The maximum absolute atomic E-state index is 10.7. The minimum Gasteiger partial charge on any atom is -0.463 e. The third kappa shape index (κ3) is 13.1. The van der Waals surface area contributed by atoms with Gasteiger partial charge < -0.3 is 28.6 Å². The van der Waals surface area contributed by atoms with E-state index in [0.717, 1.165) is 5.69 Å². The van der Waals surface area contributed by atoms with Crippen LogP contribution in [0.1, 0.15) is 13.8 Å². The number of hydrogen-bond donors (Lipinski definition) is 0. The van der Waals surface area contributed by atoms with Crippen molar-refractivity contribution in [3.8, 4) is 0 Å². The molecule has 1 rings (SSSR count). The lowest BCUT2D eigenvalue weighted by Gasteiger charge is -2.24. The van der Waals surface area contributed by atoms with Crippen LogP contribution >= 0.6 is 0 Å². The van der Waals surface area contributed by atoms with Crippen LogP contribution in [0.3, 0.4) is 0 Å². The average Bonchev–Trinajstić information content (AvgIpc) is 2.67. The number of anilines is 1. The second kappa shape index (κ2) is 15.9. The van der Waals surface area contributed by atoms with Crippen LogP contribution in [-0.2, 0) is 33.3 Å². The highest BCUT2D eigenvalue weighted by Crippen LogP contribution is 2.12. The lowest BCUT2D eigenvalue weighted by Crippen LogP contribution is -2.31. The van der Waals surface area contributed by atoms with Crippen molar-refractivity contribution in [3.05, 3.63) is 30.3 Å². The SMILES string of the molecule is CC(=O)OCCOCCOCCN(CCOCCOC(C)=O)c1ccccc1. The monoisotopic (exact) mass is 397 g/mol. The average molecular weight is 397 g/mol. The molecule has 0 atom stereocenters. The topological polar surface area (TPSA) is 83.5 Å². The van der Waals surface area contributed by atoms with Gasteiger partial charge in [-0.2, -0.15) is 0 Å². The molecule has 0 saturated heterocycles. The van der Waals surface area contributed by atoms with Gasteiger partial charge in [0.25, 0.3) is 0 Å². The smallest absolute Gasteiger partial charge is 0.302 e. The van der Waals surface area contributed by atoms with Crippen LogP contribution in [-0.4, -0.2) is 77.9 Å². The van der Waals surface area contributed by atoms with Crippen molar-refractivity contribution in [2.24, 2.45) is 0 Å². The molecule has 0 fully saturated rings. The number of esters is 2. The third-order valence-electron chi connectivity index (χ3n) is 3.57. The van der Waals surface area contributed by atoms with E-state index in [2.05, 4.69) is 4.90 Å². The highest BCUT2D eigenvalue weighted by molar-refractivity contribution is 5.66. The molecule has 1 aromatic rings. The number of carbonyl (C=O) groups excluding carboxylic acids is 2. The van der Waals surface area contributed by atoms with Crippen molar-refractivity contribution < 1.29 is 33.3 Å². The number of hydrogen-bond acceptors (Lipinski definition) is 8. The summed E-state index contributed by atoms with van der Waals surface area (Å²) in [5.74, 6) is -0.613. The van der Waals surface area contributed by atoms with Crippen LogP contribution in [0.5, 0.6) is 0 Å². The van der Waals surface area contributed by atoms with Gasteiger partial charge in [0, 0.05) is 32.6 Å². The standard InChI is InChI=1S/C20H31NO7/c1-18(22)27-16-14-25-11-9-21(20-6-4-3-5-7-20)8-10-24-12-13-26-15-17-28-19(2)23/h3-7H,8-17H2,1-2H3. The molecule has 0 N–H and O–H groups in total. The number of para-hydroxylation sites is 1. The number of nitrogens with zero attached hydrogens (tertiary/aromatic N) is 1. The van der Waals surface area contributed by atoms with Gasteiger partial charge in [-0.05, 0) is 12.1 Å². The van der Waals surface area contributed by atoms with Crippen molar-refractivity contribution in [2.45, 2.75) is 13.8 Å². The van der Waals surface area contributed by atoms with E-state index in [1.165, 1.54) is 13.8 Å². The third-order valence-corrected chi connectivity index (χ3v) is 3.57. The normalized spacial score (nSPS) is 10.5. The Labute approximate surface area is 166 Å². The van der Waals surface area contributed by atoms with Crippen LogP contribution < -0.4 is 4.90 Å². The molecule has 0 radical (unpaired) electrons. The first-order chi connectivity index (χ1) is 13.6. The second-order valence-electron chi connectivity index (χ2n) is 5.84. The van der Waals surface area contributed by atoms with E-state index in [0.29, 0.717) is 52.7 Å². The fraction of sp³-hybridized carbons (Fsp3) is 0.600. The van der Waals surface area contributed by atoms with Crippen LogP contribution in [0.15, 0.2) is 30.3 Å². The fourth-order valence-electron chi connectivity index (χ4n) is 2.27. The van der Waals surface area contributed by atoms with Gasteiger partial charge in [-0.25, -0.2) is 0 Å². The quantitative estimate of drug-likeness (QED) is 0.308. The van der Waals surface area contributed by atoms with Crippen molar-refractivity contribution in [1.82, 2.24) is 0 Å². The van der Waals surface area contributed by atoms with E-state index >= 15 is 0 Å². The molecule has 0 unspecified atom stereocenters. The fourth-order valence-corrected chi connectivity index (χ4v) is 2.27. The molecule has 0 aliphatic carbocycles. The molecule has 28 heavy (non-hydrogen) atoms. The summed E-state index contributed by atoms with van der Waals surface area (Å²) in [6.07, 6.45) is 0. The van der Waals surface area contributed by atoms with E-state index < -0.39 is 0 Å². The van der Waals surface area contributed by atoms with Gasteiger partial charge in [0.05, 0.1) is 39.6 Å². The van der Waals surface area contributed by atoms with Crippen molar-refractivity contribution in [1.29, 1.82) is 0 Å². The maximum atomic E-state index is 10.7. The Morgan fingerprint density at radius 3 is 1.57 bits per heavy atom. The van der Waals surface area contributed by atoms with Gasteiger partial charge in [0.1, 0.15) is 13.2 Å². The highest BCUT2D eigenvalue weighted by atomic mass is 16.6. The van der Waals surface area contributed by atoms with Crippen molar-refractivity contribution >= 4 is 17.6 Å². The first kappa shape index (κ1) is 23.9. The molecule has 158 valence electrons. The lowest BCUT2D eigenvalue weighted by molar-refractivity contribution is -0.143. The van der Waals surface area contributed by atoms with Gasteiger partial charge in [-0.15, -0.1) is 0 Å². The van der Waals surface area contributed by atoms with E-state index in [1.54, 1.807) is 0 Å². The van der Waals surface area contributed by atoms with Crippen LogP contribution in [0.2, 0.25) is 0 Å². The summed E-state index contributed by atoms with van der Waals surface area (Å²) in [6, 6.07) is 10.0. The van der Waals surface area contributed by atoms with Gasteiger partial charge >= 0.3 is 11.9 Å². The van der Waals surface area contributed by atoms with Crippen LogP contribution in [0.4, 0.5) is 5.69 Å². The van der Waals surface area contributed by atoms with Gasteiger partial charge in [0.15, 0.2) is 0 Å². The zero-order valence-corrected chi connectivity index (χ0v) is 16.8. The molecular weight excluding hydrogens is 366 g/mol. The molecule has 0 heterocycles. The molecule has 0 saturated carbocycles. The van der Waals surface area contributed by atoms with E-state index in [1.807, 2.05) is 30.3 Å². The summed E-state index contributed by atoms with van der Waals surface area (Å²) in [6.45, 7) is 7.42. The first-order valence-electron chi connectivity index (χ1n) is 9.39. The number of carbonyl (C=O) groups is 2. The molecule has 1 aromatic carbocycles. The Morgan fingerprint density at radius 1 is 0.679 bits per heavy atom. The second-order valence-corrected chi connectivity index (χ2v) is 5.84. The van der Waals surface area contributed by atoms with E-state index in [4.69, 9.17) is 23.7 Å². The number of ether oxygens (including phenoxy) is 5. The summed E-state index contributed by atoms with van der Waals surface area (Å²) < 4.78 is 26.1. The predicted molar refractivity (Wildman–Crippen MR) is 104 cm³/mol. The van der Waals surface area contributed by atoms with E-state index in [-0.39, 0.29) is 25.2 Å². The predicted octanol–water partition coefficient (Wildman–Crippen LogP) is 1.67. The summed E-state index contributed by atoms with van der Waals surface area (Å²) >= 11 is 0. The minimum absolute atomic E-state index is 0.259. The Balaban J connectivity index is 2.18. The Kier molecular flexibility index (Phi) is 13.5. The Hall–Kier alpha value is -2.16. The van der Waals surface area contributed by atoms with Crippen molar-refractivity contribution in [2.75, 3.05) is 70.8 Å². The Morgan fingerprint density at radius 2 is 1.11 bits per heavy atom. The zero-order chi connectivity index (χ0) is 20.5. The molecule has 0 aliphatic heterocycles. The summed E-state index contributed by atoms with van der Waals surface area (Å²) in [5, 5.41) is 0. The highest BCUT2D eigenvalue weighted by Gasteiger charge is 2.06. The molecule has 8 nitrogen and oxygen atoms in total. The van der Waals surface area contributed by atoms with E-state index in [9.17, 15) is 9.59 Å². The molecule has 0 aliphatic rings. The lowest BCUT2D eigenvalue weighted by atomic mass is 10.3. The summed E-state index contributed by atoms with van der Waals surface area (Å²) in [5.41, 5.74) is 1.09. The van der Waals surface area contributed by atoms with Crippen LogP contribution in [0.25, 0.3) is 0 Å². The summed E-state index contributed by atoms with van der Waals surface area (Å²) in [7, 11) is 0. The maximum Gasteiger partial charge on any atom is 0.302 e. The minimum atomic E-state index is -0.309. The molecule has 8 heteroatoms. The molecule has 0 amide bonds. The van der Waals surface area contributed by atoms with Gasteiger partial charge in [0.2, 0.25) is 0 Å². The number of benzene rings is 1. The molecule has 0 bridgehead atoms. The van der Waals surface area contributed by atoms with Gasteiger partial charge in [-0.1, -0.05) is 18.2 Å². The largest absolute Gasteiger partial charge is 0.463 e. The molecular formula is C20H31NO7. The van der Waals surface area contributed by atoms with Crippen LogP contribution in [0, 0.1) is 0 Å². The van der Waals surface area contributed by atoms with Gasteiger partial charge in [-0.3, -0.25) is 9.59 Å². The number of rotatable bonds is 16. The Bertz CT molecular complexity index is 539. The molecule has 0 spiro atoms. The summed E-state index contributed by atoms with van der Waals surface area (Å²) in [4.78, 5) is 23.5. The first-order valence-corrected chi connectivity index (χ1v) is 9.39. The molecule has 0 aromatic heterocycles.